The lowest BCUT2D eigenvalue weighted by Crippen LogP contribution is -2.06. The molecule has 0 aliphatic rings. The molecule has 0 aliphatic heterocycles. The minimum Gasteiger partial charge on any atom is -0.347 e. The molecule has 0 radical (unpaired) electrons. The van der Waals surface area contributed by atoms with Crippen molar-refractivity contribution in [2.24, 2.45) is 0 Å². The summed E-state index contributed by atoms with van der Waals surface area (Å²) in [6, 6.07) is 1.86. The van der Waals surface area contributed by atoms with E-state index < -0.39 is 0 Å². The lowest BCUT2D eigenvalue weighted by Gasteiger charge is -2.02. The number of aryl methyl sites for hydroxylation is 1. The van der Waals surface area contributed by atoms with Gasteiger partial charge in [0.2, 0.25) is 5.95 Å². The molecule has 0 bridgehead atoms. The van der Waals surface area contributed by atoms with Gasteiger partial charge >= 0.3 is 0 Å². The van der Waals surface area contributed by atoms with Gasteiger partial charge in [-0.2, -0.15) is 5.10 Å². The Bertz CT molecular complexity index is 440. The standard InChI is InChI=1S/C8H9ClN6/c1-5-7(9)14-15-8(12-5)10-4-6-2-3-11-13-6/h2-3H,4H2,1H3,(H,11,13)(H,10,12,15). The highest BCUT2D eigenvalue weighted by Gasteiger charge is 2.02. The van der Waals surface area contributed by atoms with E-state index in [1.54, 1.807) is 13.1 Å². The summed E-state index contributed by atoms with van der Waals surface area (Å²) < 4.78 is 0. The third kappa shape index (κ3) is 2.41. The largest absolute Gasteiger partial charge is 0.347 e. The van der Waals surface area contributed by atoms with Crippen molar-refractivity contribution >= 4 is 17.5 Å². The highest BCUT2D eigenvalue weighted by atomic mass is 35.5. The van der Waals surface area contributed by atoms with Crippen LogP contribution in [-0.2, 0) is 6.54 Å². The molecule has 2 aromatic heterocycles. The van der Waals surface area contributed by atoms with Crippen molar-refractivity contribution in [3.05, 3.63) is 28.8 Å². The average molecular weight is 225 g/mol. The van der Waals surface area contributed by atoms with E-state index in [2.05, 4.69) is 30.7 Å². The highest BCUT2D eigenvalue weighted by molar-refractivity contribution is 6.29. The SMILES string of the molecule is Cc1nc(NCc2ccn[nH]2)nnc1Cl. The van der Waals surface area contributed by atoms with Gasteiger partial charge in [0.25, 0.3) is 0 Å². The number of halogens is 1. The number of hydrogen-bond donors (Lipinski definition) is 2. The van der Waals surface area contributed by atoms with Crippen LogP contribution < -0.4 is 5.32 Å². The first kappa shape index (κ1) is 9.85. The zero-order valence-corrected chi connectivity index (χ0v) is 8.78. The average Bonchev–Trinajstić information content (AvgIpc) is 2.73. The molecule has 0 saturated heterocycles. The molecule has 2 N–H and O–H groups in total. The lowest BCUT2D eigenvalue weighted by atomic mass is 10.4. The van der Waals surface area contributed by atoms with Crippen LogP contribution in [0.4, 0.5) is 5.95 Å². The number of aromatic nitrogens is 5. The number of anilines is 1. The fraction of sp³-hybridized carbons (Fsp3) is 0.250. The van der Waals surface area contributed by atoms with Crippen molar-refractivity contribution in [2.45, 2.75) is 13.5 Å². The summed E-state index contributed by atoms with van der Waals surface area (Å²) in [5.74, 6) is 0.450. The summed E-state index contributed by atoms with van der Waals surface area (Å²) in [6.07, 6.45) is 1.68. The Morgan fingerprint density at radius 1 is 1.47 bits per heavy atom. The molecule has 0 saturated carbocycles. The minimum absolute atomic E-state index is 0.321. The molecule has 0 aromatic carbocycles. The van der Waals surface area contributed by atoms with Gasteiger partial charge in [0.1, 0.15) is 0 Å². The Labute approximate surface area is 91.1 Å². The maximum Gasteiger partial charge on any atom is 0.243 e. The van der Waals surface area contributed by atoms with Crippen LogP contribution in [0.1, 0.15) is 11.4 Å². The summed E-state index contributed by atoms with van der Waals surface area (Å²) in [6.45, 7) is 2.35. The fourth-order valence-corrected chi connectivity index (χ4v) is 1.10. The van der Waals surface area contributed by atoms with E-state index in [1.165, 1.54) is 0 Å². The molecular weight excluding hydrogens is 216 g/mol. The van der Waals surface area contributed by atoms with Gasteiger partial charge in [-0.3, -0.25) is 5.10 Å². The van der Waals surface area contributed by atoms with Gasteiger partial charge in [0.15, 0.2) is 5.15 Å². The summed E-state index contributed by atoms with van der Waals surface area (Å²) in [4.78, 5) is 4.12. The van der Waals surface area contributed by atoms with E-state index in [4.69, 9.17) is 11.6 Å². The second kappa shape index (κ2) is 4.22. The van der Waals surface area contributed by atoms with Crippen molar-refractivity contribution in [3.63, 3.8) is 0 Å². The van der Waals surface area contributed by atoms with Crippen molar-refractivity contribution in [1.29, 1.82) is 0 Å². The van der Waals surface area contributed by atoms with E-state index >= 15 is 0 Å². The molecule has 6 nitrogen and oxygen atoms in total. The maximum absolute atomic E-state index is 5.70. The van der Waals surface area contributed by atoms with Crippen LogP contribution in [0.3, 0.4) is 0 Å². The van der Waals surface area contributed by atoms with Crippen molar-refractivity contribution in [2.75, 3.05) is 5.32 Å². The summed E-state index contributed by atoms with van der Waals surface area (Å²) in [7, 11) is 0. The highest BCUT2D eigenvalue weighted by Crippen LogP contribution is 2.09. The first-order valence-electron chi connectivity index (χ1n) is 4.34. The number of nitrogens with one attached hydrogen (secondary N) is 2. The molecule has 2 rings (SSSR count). The van der Waals surface area contributed by atoms with Gasteiger partial charge in [-0.05, 0) is 13.0 Å². The Hall–Kier alpha value is -1.69. The molecule has 78 valence electrons. The van der Waals surface area contributed by atoms with Crippen LogP contribution in [-0.4, -0.2) is 25.4 Å². The molecular formula is C8H9ClN6. The predicted octanol–water partition coefficient (Wildman–Crippen LogP) is 1.17. The van der Waals surface area contributed by atoms with E-state index in [1.807, 2.05) is 6.07 Å². The Kier molecular flexibility index (Phi) is 2.77. The normalized spacial score (nSPS) is 10.3. The molecule has 0 unspecified atom stereocenters. The van der Waals surface area contributed by atoms with E-state index in [0.717, 1.165) is 5.69 Å². The molecule has 0 fully saturated rings. The van der Waals surface area contributed by atoms with Gasteiger partial charge in [-0.25, -0.2) is 4.98 Å². The van der Waals surface area contributed by atoms with Crippen LogP contribution in [0.5, 0.6) is 0 Å². The second-order valence-electron chi connectivity index (χ2n) is 2.95. The summed E-state index contributed by atoms with van der Waals surface area (Å²) in [5.41, 5.74) is 1.60. The third-order valence-corrected chi connectivity index (χ3v) is 2.15. The number of H-pyrrole nitrogens is 1. The van der Waals surface area contributed by atoms with E-state index in [-0.39, 0.29) is 0 Å². The monoisotopic (exact) mass is 224 g/mol. The van der Waals surface area contributed by atoms with Crippen molar-refractivity contribution in [1.82, 2.24) is 25.4 Å². The van der Waals surface area contributed by atoms with Crippen molar-refractivity contribution in [3.8, 4) is 0 Å². The van der Waals surface area contributed by atoms with Crippen molar-refractivity contribution < 1.29 is 0 Å². The minimum atomic E-state index is 0.321. The third-order valence-electron chi connectivity index (χ3n) is 1.80. The number of aromatic amines is 1. The van der Waals surface area contributed by atoms with E-state index in [0.29, 0.717) is 23.3 Å². The quantitative estimate of drug-likeness (QED) is 0.818. The maximum atomic E-state index is 5.70. The number of nitrogens with zero attached hydrogens (tertiary/aromatic N) is 4. The number of hydrogen-bond acceptors (Lipinski definition) is 5. The topological polar surface area (TPSA) is 79.4 Å². The molecule has 0 spiro atoms. The van der Waals surface area contributed by atoms with Crippen LogP contribution in [0.15, 0.2) is 12.3 Å². The van der Waals surface area contributed by atoms with Gasteiger partial charge in [0.05, 0.1) is 17.9 Å². The molecule has 2 aromatic rings. The zero-order chi connectivity index (χ0) is 10.7. The first-order chi connectivity index (χ1) is 7.25. The molecule has 2 heterocycles. The van der Waals surface area contributed by atoms with Gasteiger partial charge in [0, 0.05) is 6.20 Å². The van der Waals surface area contributed by atoms with Crippen LogP contribution in [0, 0.1) is 6.92 Å². The Balaban J connectivity index is 2.02. The van der Waals surface area contributed by atoms with Gasteiger partial charge < -0.3 is 5.32 Å². The zero-order valence-electron chi connectivity index (χ0n) is 8.03. The van der Waals surface area contributed by atoms with Crippen LogP contribution in [0.25, 0.3) is 0 Å². The van der Waals surface area contributed by atoms with Crippen LogP contribution >= 0.6 is 11.6 Å². The summed E-state index contributed by atoms with van der Waals surface area (Å²) >= 11 is 5.70. The van der Waals surface area contributed by atoms with E-state index in [9.17, 15) is 0 Å². The summed E-state index contributed by atoms with van der Waals surface area (Å²) in [5, 5.41) is 17.5. The molecule has 0 aliphatic carbocycles. The predicted molar refractivity (Wildman–Crippen MR) is 55.5 cm³/mol. The smallest absolute Gasteiger partial charge is 0.243 e. The molecule has 15 heavy (non-hydrogen) atoms. The molecule has 7 heteroatoms. The Morgan fingerprint density at radius 2 is 2.33 bits per heavy atom. The Morgan fingerprint density at radius 3 is 3.00 bits per heavy atom. The molecule has 0 amide bonds. The number of rotatable bonds is 3. The fourth-order valence-electron chi connectivity index (χ4n) is 1.02. The molecule has 0 atom stereocenters. The first-order valence-corrected chi connectivity index (χ1v) is 4.72. The van der Waals surface area contributed by atoms with Crippen LogP contribution in [0.2, 0.25) is 5.15 Å². The second-order valence-corrected chi connectivity index (χ2v) is 3.31. The lowest BCUT2D eigenvalue weighted by molar-refractivity contribution is 0.904. The van der Waals surface area contributed by atoms with Gasteiger partial charge in [-0.1, -0.05) is 11.6 Å². The van der Waals surface area contributed by atoms with Gasteiger partial charge in [-0.15, -0.1) is 10.2 Å².